The van der Waals surface area contributed by atoms with Gasteiger partial charge in [-0.3, -0.25) is 4.98 Å². The van der Waals surface area contributed by atoms with E-state index in [4.69, 9.17) is 0 Å². The summed E-state index contributed by atoms with van der Waals surface area (Å²) in [7, 11) is 0. The van der Waals surface area contributed by atoms with Crippen molar-refractivity contribution < 1.29 is 0 Å². The molecule has 0 amide bonds. The monoisotopic (exact) mass is 176 g/mol. The van der Waals surface area contributed by atoms with E-state index >= 15 is 0 Å². The molecule has 2 heteroatoms. The molecule has 0 unspecified atom stereocenters. The first-order valence-electron chi connectivity index (χ1n) is 4.45. The number of aromatic nitrogens is 1. The minimum Gasteiger partial charge on any atom is -0.309 e. The van der Waals surface area contributed by atoms with E-state index in [1.807, 2.05) is 26.1 Å². The summed E-state index contributed by atoms with van der Waals surface area (Å²) < 4.78 is 0. The topological polar surface area (TPSA) is 24.9 Å². The van der Waals surface area contributed by atoms with E-state index < -0.39 is 0 Å². The fourth-order valence-electron chi connectivity index (χ4n) is 1.02. The van der Waals surface area contributed by atoms with Gasteiger partial charge in [-0.2, -0.15) is 0 Å². The van der Waals surface area contributed by atoms with E-state index in [-0.39, 0.29) is 0 Å². The Balaban J connectivity index is 2.37. The Morgan fingerprint density at radius 1 is 1.54 bits per heavy atom. The van der Waals surface area contributed by atoms with Crippen LogP contribution in [0.4, 0.5) is 0 Å². The van der Waals surface area contributed by atoms with Gasteiger partial charge in [0, 0.05) is 25.0 Å². The van der Waals surface area contributed by atoms with Gasteiger partial charge in [-0.25, -0.2) is 0 Å². The Bertz CT molecular complexity index is 275. The van der Waals surface area contributed by atoms with Crippen LogP contribution in [0.25, 0.3) is 0 Å². The lowest BCUT2D eigenvalue weighted by atomic mass is 10.2. The summed E-state index contributed by atoms with van der Waals surface area (Å²) in [5, 5.41) is 3.28. The summed E-state index contributed by atoms with van der Waals surface area (Å²) >= 11 is 0. The van der Waals surface area contributed by atoms with Crippen molar-refractivity contribution in [3.63, 3.8) is 0 Å². The maximum absolute atomic E-state index is 4.21. The molecule has 0 aliphatic heterocycles. The molecule has 0 saturated heterocycles. The fourth-order valence-corrected chi connectivity index (χ4v) is 1.02. The zero-order valence-electron chi connectivity index (χ0n) is 8.30. The molecular weight excluding hydrogens is 160 g/mol. The van der Waals surface area contributed by atoms with Gasteiger partial charge >= 0.3 is 0 Å². The fraction of sp³-hybridized carbons (Fsp3) is 0.364. The standard InChI is InChI=1S/C11H16N2/c1-9(2)6-12-7-11-5-4-10(3)13-8-11/h4-5,8,12H,1,6-7H2,2-3H3. The molecule has 0 spiro atoms. The predicted molar refractivity (Wildman–Crippen MR) is 55.5 cm³/mol. The van der Waals surface area contributed by atoms with Gasteiger partial charge in [-0.15, -0.1) is 0 Å². The van der Waals surface area contributed by atoms with Crippen molar-refractivity contribution in [3.8, 4) is 0 Å². The molecule has 1 N–H and O–H groups in total. The number of pyridine rings is 1. The number of nitrogens with zero attached hydrogens (tertiary/aromatic N) is 1. The summed E-state index contributed by atoms with van der Waals surface area (Å²) in [6.07, 6.45) is 1.90. The minimum absolute atomic E-state index is 0.861. The Kier molecular flexibility index (Phi) is 3.65. The van der Waals surface area contributed by atoms with Gasteiger partial charge in [0.2, 0.25) is 0 Å². The van der Waals surface area contributed by atoms with E-state index in [9.17, 15) is 0 Å². The Hall–Kier alpha value is -1.15. The van der Waals surface area contributed by atoms with Crippen molar-refractivity contribution in [3.05, 3.63) is 41.7 Å². The highest BCUT2D eigenvalue weighted by atomic mass is 14.8. The third-order valence-electron chi connectivity index (χ3n) is 1.73. The molecule has 0 fully saturated rings. The van der Waals surface area contributed by atoms with Crippen LogP contribution in [0.3, 0.4) is 0 Å². The molecule has 1 aromatic rings. The molecule has 0 aliphatic carbocycles. The van der Waals surface area contributed by atoms with Crippen LogP contribution in [0.2, 0.25) is 0 Å². The van der Waals surface area contributed by atoms with Crippen LogP contribution in [0, 0.1) is 6.92 Å². The molecule has 0 aromatic carbocycles. The minimum atomic E-state index is 0.861. The summed E-state index contributed by atoms with van der Waals surface area (Å²) in [5.74, 6) is 0. The van der Waals surface area contributed by atoms with E-state index in [0.717, 1.165) is 24.4 Å². The van der Waals surface area contributed by atoms with E-state index in [1.165, 1.54) is 5.56 Å². The van der Waals surface area contributed by atoms with Crippen molar-refractivity contribution in [2.24, 2.45) is 0 Å². The van der Waals surface area contributed by atoms with Crippen LogP contribution in [-0.2, 0) is 6.54 Å². The predicted octanol–water partition coefficient (Wildman–Crippen LogP) is 2.06. The second-order valence-corrected chi connectivity index (χ2v) is 3.37. The first-order chi connectivity index (χ1) is 6.18. The molecule has 0 atom stereocenters. The van der Waals surface area contributed by atoms with Gasteiger partial charge in [-0.05, 0) is 25.5 Å². The number of rotatable bonds is 4. The zero-order valence-corrected chi connectivity index (χ0v) is 8.30. The maximum Gasteiger partial charge on any atom is 0.0372 e. The van der Waals surface area contributed by atoms with Gasteiger partial charge in [-0.1, -0.05) is 18.2 Å². The second-order valence-electron chi connectivity index (χ2n) is 3.37. The highest BCUT2D eigenvalue weighted by Crippen LogP contribution is 1.98. The van der Waals surface area contributed by atoms with Gasteiger partial charge in [0.1, 0.15) is 0 Å². The Labute approximate surface area is 79.7 Å². The molecule has 0 aliphatic rings. The van der Waals surface area contributed by atoms with E-state index in [2.05, 4.69) is 22.9 Å². The van der Waals surface area contributed by atoms with Crippen LogP contribution in [0.5, 0.6) is 0 Å². The lowest BCUT2D eigenvalue weighted by Crippen LogP contribution is -2.15. The molecule has 2 nitrogen and oxygen atoms in total. The van der Waals surface area contributed by atoms with Gasteiger partial charge < -0.3 is 5.32 Å². The van der Waals surface area contributed by atoms with E-state index in [1.54, 1.807) is 0 Å². The molecule has 1 rings (SSSR count). The molecule has 70 valence electrons. The molecule has 0 radical (unpaired) electrons. The summed E-state index contributed by atoms with van der Waals surface area (Å²) in [6.45, 7) is 9.56. The second kappa shape index (κ2) is 4.77. The van der Waals surface area contributed by atoms with Gasteiger partial charge in [0.25, 0.3) is 0 Å². The summed E-state index contributed by atoms with van der Waals surface area (Å²) in [4.78, 5) is 4.21. The number of nitrogens with one attached hydrogen (secondary N) is 1. The van der Waals surface area contributed by atoms with Gasteiger partial charge in [0.05, 0.1) is 0 Å². The lowest BCUT2D eigenvalue weighted by Gasteiger charge is -2.03. The lowest BCUT2D eigenvalue weighted by molar-refractivity contribution is 0.738. The number of hydrogen-bond donors (Lipinski definition) is 1. The average molecular weight is 176 g/mol. The van der Waals surface area contributed by atoms with E-state index in [0.29, 0.717) is 0 Å². The highest BCUT2D eigenvalue weighted by Gasteiger charge is 1.92. The van der Waals surface area contributed by atoms with Gasteiger partial charge in [0.15, 0.2) is 0 Å². The molecule has 0 bridgehead atoms. The molecular formula is C11H16N2. The third-order valence-corrected chi connectivity index (χ3v) is 1.73. The van der Waals surface area contributed by atoms with Crippen LogP contribution < -0.4 is 5.32 Å². The number of aryl methyl sites for hydroxylation is 1. The molecule has 1 heterocycles. The van der Waals surface area contributed by atoms with Crippen LogP contribution in [0.1, 0.15) is 18.2 Å². The largest absolute Gasteiger partial charge is 0.309 e. The van der Waals surface area contributed by atoms with Crippen molar-refractivity contribution in [2.75, 3.05) is 6.54 Å². The highest BCUT2D eigenvalue weighted by molar-refractivity contribution is 5.13. The Morgan fingerprint density at radius 2 is 2.31 bits per heavy atom. The quantitative estimate of drug-likeness (QED) is 0.710. The molecule has 0 saturated carbocycles. The maximum atomic E-state index is 4.21. The first-order valence-corrected chi connectivity index (χ1v) is 4.45. The zero-order chi connectivity index (χ0) is 9.68. The first kappa shape index (κ1) is 9.93. The van der Waals surface area contributed by atoms with Crippen molar-refractivity contribution in [1.29, 1.82) is 0 Å². The van der Waals surface area contributed by atoms with Crippen molar-refractivity contribution >= 4 is 0 Å². The molecule has 1 aromatic heterocycles. The van der Waals surface area contributed by atoms with Crippen LogP contribution >= 0.6 is 0 Å². The number of hydrogen-bond acceptors (Lipinski definition) is 2. The van der Waals surface area contributed by atoms with Crippen molar-refractivity contribution in [2.45, 2.75) is 20.4 Å². The van der Waals surface area contributed by atoms with Crippen molar-refractivity contribution in [1.82, 2.24) is 10.3 Å². The third kappa shape index (κ3) is 3.85. The normalized spacial score (nSPS) is 10.0. The van der Waals surface area contributed by atoms with Crippen LogP contribution in [-0.4, -0.2) is 11.5 Å². The SMILES string of the molecule is C=C(C)CNCc1ccc(C)nc1. The average Bonchev–Trinajstić information content (AvgIpc) is 2.08. The summed E-state index contributed by atoms with van der Waals surface area (Å²) in [5.41, 5.74) is 3.43. The smallest absolute Gasteiger partial charge is 0.0372 e. The summed E-state index contributed by atoms with van der Waals surface area (Å²) in [6, 6.07) is 4.12. The van der Waals surface area contributed by atoms with Crippen LogP contribution in [0.15, 0.2) is 30.5 Å². The Morgan fingerprint density at radius 3 is 2.85 bits per heavy atom. The molecule has 13 heavy (non-hydrogen) atoms.